The number of carbonyl (C=O) groups excluding carboxylic acids is 1. The largest absolute Gasteiger partial charge is 0.312 e. The lowest BCUT2D eigenvalue weighted by molar-refractivity contribution is 0.0988. The fourth-order valence-electron chi connectivity index (χ4n) is 2.48. The zero-order valence-corrected chi connectivity index (χ0v) is 12.5. The van der Waals surface area contributed by atoms with Crippen molar-refractivity contribution >= 4 is 11.6 Å². The first-order valence-electron chi connectivity index (χ1n) is 7.04. The summed E-state index contributed by atoms with van der Waals surface area (Å²) in [6, 6.07) is 6.34. The molecule has 0 radical (unpaired) electrons. The molecule has 0 bridgehead atoms. The van der Waals surface area contributed by atoms with Crippen LogP contribution in [0, 0.1) is 13.8 Å². The van der Waals surface area contributed by atoms with Crippen LogP contribution < -0.4 is 10.2 Å². The predicted molar refractivity (Wildman–Crippen MR) is 80.6 cm³/mol. The van der Waals surface area contributed by atoms with E-state index in [1.54, 1.807) is 22.8 Å². The van der Waals surface area contributed by atoms with Crippen LogP contribution >= 0.6 is 0 Å². The van der Waals surface area contributed by atoms with Gasteiger partial charge in [-0.15, -0.1) is 5.10 Å². The van der Waals surface area contributed by atoms with E-state index in [0.29, 0.717) is 11.7 Å². The van der Waals surface area contributed by atoms with Crippen LogP contribution in [0.25, 0.3) is 0 Å². The first kappa shape index (κ1) is 13.8. The molecule has 2 aromatic rings. The minimum absolute atomic E-state index is 0.138. The van der Waals surface area contributed by atoms with Gasteiger partial charge in [0, 0.05) is 25.8 Å². The van der Waals surface area contributed by atoms with Gasteiger partial charge in [-0.3, -0.25) is 4.79 Å². The van der Waals surface area contributed by atoms with Crippen molar-refractivity contribution in [3.63, 3.8) is 0 Å². The van der Waals surface area contributed by atoms with E-state index in [2.05, 4.69) is 21.7 Å². The Kier molecular flexibility index (Phi) is 3.47. The maximum absolute atomic E-state index is 12.5. The van der Waals surface area contributed by atoms with E-state index < -0.39 is 0 Å². The molecule has 6 nitrogen and oxygen atoms in total. The molecule has 1 N–H and O–H groups in total. The molecule has 110 valence electrons. The number of benzene rings is 1. The molecule has 1 fully saturated rings. The molecule has 1 amide bonds. The minimum Gasteiger partial charge on any atom is -0.312 e. The van der Waals surface area contributed by atoms with Crippen LogP contribution in [0.4, 0.5) is 5.69 Å². The average molecular weight is 285 g/mol. The number of nitrogens with zero attached hydrogens (tertiary/aromatic N) is 4. The third kappa shape index (κ3) is 2.54. The summed E-state index contributed by atoms with van der Waals surface area (Å²) in [4.78, 5) is 14.1. The molecule has 1 aromatic heterocycles. The van der Waals surface area contributed by atoms with Crippen LogP contribution in [-0.4, -0.2) is 41.0 Å². The summed E-state index contributed by atoms with van der Waals surface area (Å²) < 4.78 is 1.76. The van der Waals surface area contributed by atoms with Crippen molar-refractivity contribution in [2.45, 2.75) is 19.9 Å². The lowest BCUT2D eigenvalue weighted by Gasteiger charge is -2.26. The summed E-state index contributed by atoms with van der Waals surface area (Å²) >= 11 is 0. The number of carbonyl (C=O) groups is 1. The summed E-state index contributed by atoms with van der Waals surface area (Å²) in [5, 5.41) is 11.2. The van der Waals surface area contributed by atoms with Gasteiger partial charge in [-0.25, -0.2) is 4.68 Å². The summed E-state index contributed by atoms with van der Waals surface area (Å²) in [5.41, 5.74) is 3.52. The highest BCUT2D eigenvalue weighted by Crippen LogP contribution is 2.21. The van der Waals surface area contributed by atoms with Gasteiger partial charge in [0.2, 0.25) is 0 Å². The lowest BCUT2D eigenvalue weighted by atomic mass is 10.1. The van der Waals surface area contributed by atoms with E-state index in [0.717, 1.165) is 24.3 Å². The molecule has 1 aromatic carbocycles. The molecule has 0 spiro atoms. The van der Waals surface area contributed by atoms with Gasteiger partial charge in [-0.1, -0.05) is 22.9 Å². The SMILES string of the molecule is Cc1ccc(N(C)C(=O)c2cn(C3CNC3)nn2)c(C)c1. The molecular weight excluding hydrogens is 266 g/mol. The summed E-state index contributed by atoms with van der Waals surface area (Å²) in [6.07, 6.45) is 1.73. The molecule has 0 unspecified atom stereocenters. The number of aromatic nitrogens is 3. The van der Waals surface area contributed by atoms with Gasteiger partial charge in [0.1, 0.15) is 0 Å². The number of anilines is 1. The number of amides is 1. The van der Waals surface area contributed by atoms with Crippen molar-refractivity contribution in [3.05, 3.63) is 41.2 Å². The van der Waals surface area contributed by atoms with E-state index in [-0.39, 0.29) is 5.91 Å². The quantitative estimate of drug-likeness (QED) is 0.923. The Morgan fingerprint density at radius 3 is 2.76 bits per heavy atom. The monoisotopic (exact) mass is 285 g/mol. The molecule has 0 atom stereocenters. The van der Waals surface area contributed by atoms with E-state index in [9.17, 15) is 4.79 Å². The van der Waals surface area contributed by atoms with Gasteiger partial charge >= 0.3 is 0 Å². The van der Waals surface area contributed by atoms with Gasteiger partial charge in [-0.2, -0.15) is 0 Å². The van der Waals surface area contributed by atoms with Crippen LogP contribution in [0.15, 0.2) is 24.4 Å². The fourth-order valence-corrected chi connectivity index (χ4v) is 2.48. The van der Waals surface area contributed by atoms with Crippen molar-refractivity contribution in [1.82, 2.24) is 20.3 Å². The van der Waals surface area contributed by atoms with Crippen LogP contribution in [0.1, 0.15) is 27.7 Å². The number of rotatable bonds is 3. The van der Waals surface area contributed by atoms with Crippen LogP contribution in [0.2, 0.25) is 0 Å². The Hall–Kier alpha value is -2.21. The van der Waals surface area contributed by atoms with Gasteiger partial charge in [0.25, 0.3) is 5.91 Å². The van der Waals surface area contributed by atoms with E-state index in [1.165, 1.54) is 5.56 Å². The van der Waals surface area contributed by atoms with Gasteiger partial charge in [0.15, 0.2) is 5.69 Å². The van der Waals surface area contributed by atoms with E-state index in [4.69, 9.17) is 0 Å². The van der Waals surface area contributed by atoms with Crippen molar-refractivity contribution in [2.75, 3.05) is 25.0 Å². The number of hydrogen-bond acceptors (Lipinski definition) is 4. The molecule has 3 rings (SSSR count). The predicted octanol–water partition coefficient (Wildman–Crippen LogP) is 1.32. The highest BCUT2D eigenvalue weighted by molar-refractivity contribution is 6.04. The van der Waals surface area contributed by atoms with Crippen LogP contribution in [-0.2, 0) is 0 Å². The van der Waals surface area contributed by atoms with Gasteiger partial charge in [-0.05, 0) is 25.5 Å². The first-order valence-corrected chi connectivity index (χ1v) is 7.04. The Labute approximate surface area is 123 Å². The molecule has 1 aliphatic rings. The van der Waals surface area contributed by atoms with Gasteiger partial charge < -0.3 is 10.2 Å². The molecule has 6 heteroatoms. The van der Waals surface area contributed by atoms with Crippen LogP contribution in [0.3, 0.4) is 0 Å². The molecule has 21 heavy (non-hydrogen) atoms. The van der Waals surface area contributed by atoms with Crippen molar-refractivity contribution in [2.24, 2.45) is 0 Å². The Morgan fingerprint density at radius 1 is 1.38 bits per heavy atom. The maximum Gasteiger partial charge on any atom is 0.280 e. The molecule has 0 aliphatic carbocycles. The molecular formula is C15H19N5O. The van der Waals surface area contributed by atoms with Gasteiger partial charge in [0.05, 0.1) is 12.2 Å². The fraction of sp³-hybridized carbons (Fsp3) is 0.400. The second kappa shape index (κ2) is 5.29. The first-order chi connectivity index (χ1) is 10.1. The van der Waals surface area contributed by atoms with Crippen LogP contribution in [0.5, 0.6) is 0 Å². The van der Waals surface area contributed by atoms with E-state index >= 15 is 0 Å². The number of hydrogen-bond donors (Lipinski definition) is 1. The van der Waals surface area contributed by atoms with Crippen molar-refractivity contribution in [1.29, 1.82) is 0 Å². The second-order valence-electron chi connectivity index (χ2n) is 5.55. The zero-order chi connectivity index (χ0) is 15.0. The molecule has 2 heterocycles. The summed E-state index contributed by atoms with van der Waals surface area (Å²) in [7, 11) is 1.77. The van der Waals surface area contributed by atoms with Crippen molar-refractivity contribution < 1.29 is 4.79 Å². The number of aryl methyl sites for hydroxylation is 2. The Balaban J connectivity index is 1.81. The van der Waals surface area contributed by atoms with E-state index in [1.807, 2.05) is 26.0 Å². The number of nitrogens with one attached hydrogen (secondary N) is 1. The summed E-state index contributed by atoms with van der Waals surface area (Å²) in [6.45, 7) is 5.80. The second-order valence-corrected chi connectivity index (χ2v) is 5.55. The normalized spacial score (nSPS) is 14.8. The maximum atomic E-state index is 12.5. The highest BCUT2D eigenvalue weighted by atomic mass is 16.2. The summed E-state index contributed by atoms with van der Waals surface area (Å²) in [5.74, 6) is -0.138. The molecule has 1 saturated heterocycles. The Bertz CT molecular complexity index is 674. The van der Waals surface area contributed by atoms with Crippen molar-refractivity contribution in [3.8, 4) is 0 Å². The minimum atomic E-state index is -0.138. The molecule has 1 aliphatic heterocycles. The topological polar surface area (TPSA) is 63.1 Å². The third-order valence-electron chi connectivity index (χ3n) is 3.88. The highest BCUT2D eigenvalue weighted by Gasteiger charge is 2.23. The third-order valence-corrected chi connectivity index (χ3v) is 3.88. The Morgan fingerprint density at radius 2 is 2.14 bits per heavy atom. The lowest BCUT2D eigenvalue weighted by Crippen LogP contribution is -2.43. The average Bonchev–Trinajstić information content (AvgIpc) is 2.84. The smallest absolute Gasteiger partial charge is 0.280 e. The standard InChI is InChI=1S/C15H19N5O/c1-10-4-5-14(11(2)6-10)19(3)15(21)13-9-20(18-17-13)12-7-16-8-12/h4-6,9,12,16H,7-8H2,1-3H3. The molecule has 0 saturated carbocycles. The zero-order valence-electron chi connectivity index (χ0n) is 12.5.